The van der Waals surface area contributed by atoms with E-state index in [1.165, 1.54) is 0 Å². The largest absolute Gasteiger partial charge is 0.378 e. The monoisotopic (exact) mass is 421 g/mol. The van der Waals surface area contributed by atoms with Gasteiger partial charge in [0.25, 0.3) is 0 Å². The first-order chi connectivity index (χ1) is 15.8. The fourth-order valence-corrected chi connectivity index (χ4v) is 4.23. The van der Waals surface area contributed by atoms with Crippen molar-refractivity contribution in [2.75, 3.05) is 31.2 Å². The molecule has 0 aliphatic carbocycles. The molecule has 1 saturated heterocycles. The minimum absolute atomic E-state index is 0.620. The highest BCUT2D eigenvalue weighted by atomic mass is 16.5. The van der Waals surface area contributed by atoms with Crippen molar-refractivity contribution in [3.8, 4) is 28.6 Å². The molecule has 8 heteroatoms. The lowest BCUT2D eigenvalue weighted by atomic mass is 10.0. The molecule has 3 aromatic heterocycles. The van der Waals surface area contributed by atoms with Gasteiger partial charge in [-0.25, -0.2) is 9.97 Å². The Labute approximate surface area is 183 Å². The van der Waals surface area contributed by atoms with Crippen LogP contribution < -0.4 is 4.90 Å². The Morgan fingerprint density at radius 3 is 2.66 bits per heavy atom. The third-order valence-electron chi connectivity index (χ3n) is 5.84. The van der Waals surface area contributed by atoms with Crippen molar-refractivity contribution < 1.29 is 4.74 Å². The van der Waals surface area contributed by atoms with Gasteiger partial charge in [-0.3, -0.25) is 9.50 Å². The van der Waals surface area contributed by atoms with Gasteiger partial charge in [0.2, 0.25) is 0 Å². The number of nitrogens with one attached hydrogen (secondary N) is 1. The number of ether oxygens (including phenoxy) is 1. The first-order valence-corrected chi connectivity index (χ1v) is 10.5. The summed E-state index contributed by atoms with van der Waals surface area (Å²) >= 11 is 0. The number of H-pyrrole nitrogens is 1. The van der Waals surface area contributed by atoms with Gasteiger partial charge in [0, 0.05) is 42.0 Å². The Kier molecular flexibility index (Phi) is 4.33. The first-order valence-electron chi connectivity index (χ1n) is 10.5. The molecular formula is C24H19N7O. The van der Waals surface area contributed by atoms with Crippen molar-refractivity contribution in [3.63, 3.8) is 0 Å². The lowest BCUT2D eigenvalue weighted by Gasteiger charge is -2.27. The quantitative estimate of drug-likeness (QED) is 0.478. The number of nitrogens with zero attached hydrogens (tertiary/aromatic N) is 6. The van der Waals surface area contributed by atoms with E-state index < -0.39 is 0 Å². The highest BCUT2D eigenvalue weighted by Gasteiger charge is 2.22. The minimum Gasteiger partial charge on any atom is -0.378 e. The molecule has 1 N–H and O–H groups in total. The molecule has 0 bridgehead atoms. The van der Waals surface area contributed by atoms with E-state index in [2.05, 4.69) is 42.7 Å². The fraction of sp³-hybridized carbons (Fsp3) is 0.167. The average Bonchev–Trinajstić information content (AvgIpc) is 3.48. The van der Waals surface area contributed by atoms with Gasteiger partial charge in [0.05, 0.1) is 47.9 Å². The molecule has 5 aromatic rings. The number of aromatic amines is 1. The van der Waals surface area contributed by atoms with E-state index in [-0.39, 0.29) is 0 Å². The van der Waals surface area contributed by atoms with Crippen LogP contribution in [0.25, 0.3) is 39.1 Å². The molecule has 1 fully saturated rings. The third kappa shape index (κ3) is 2.99. The summed E-state index contributed by atoms with van der Waals surface area (Å²) < 4.78 is 7.63. The van der Waals surface area contributed by atoms with E-state index in [0.29, 0.717) is 18.8 Å². The number of morpholine rings is 1. The normalized spacial score (nSPS) is 14.2. The van der Waals surface area contributed by atoms with Gasteiger partial charge in [-0.05, 0) is 24.3 Å². The van der Waals surface area contributed by atoms with E-state index in [0.717, 1.165) is 58.0 Å². The zero-order valence-corrected chi connectivity index (χ0v) is 17.2. The molecule has 0 radical (unpaired) electrons. The Morgan fingerprint density at radius 1 is 1.03 bits per heavy atom. The highest BCUT2D eigenvalue weighted by molar-refractivity contribution is 5.89. The van der Waals surface area contributed by atoms with Crippen LogP contribution in [0.15, 0.2) is 61.1 Å². The van der Waals surface area contributed by atoms with E-state index in [9.17, 15) is 5.26 Å². The summed E-state index contributed by atoms with van der Waals surface area (Å²) in [5, 5.41) is 17.4. The summed E-state index contributed by atoms with van der Waals surface area (Å²) in [4.78, 5) is 12.0. The smallest absolute Gasteiger partial charge is 0.181 e. The number of aromatic nitrogens is 5. The minimum atomic E-state index is 0.620. The Hall–Kier alpha value is -4.22. The molecule has 6 rings (SSSR count). The molecule has 156 valence electrons. The van der Waals surface area contributed by atoms with Crippen molar-refractivity contribution in [2.45, 2.75) is 0 Å². The zero-order chi connectivity index (χ0) is 21.5. The topological polar surface area (TPSA) is 95.1 Å². The second kappa shape index (κ2) is 7.48. The van der Waals surface area contributed by atoms with Gasteiger partial charge in [0.15, 0.2) is 11.5 Å². The van der Waals surface area contributed by atoms with Gasteiger partial charge in [0.1, 0.15) is 0 Å². The standard InChI is InChI=1S/C24H19N7O/c25-14-16-1-3-17(4-2-16)21-22(18-5-6-20-19(13-18)15-27-29-20)31-8-7-26-23(24(31)28-21)30-9-11-32-12-10-30/h1-8,13,15H,9-12H2,(H,27,29). The van der Waals surface area contributed by atoms with Crippen molar-refractivity contribution in [3.05, 3.63) is 66.6 Å². The van der Waals surface area contributed by atoms with E-state index >= 15 is 0 Å². The Bertz CT molecular complexity index is 1470. The van der Waals surface area contributed by atoms with E-state index in [4.69, 9.17) is 9.72 Å². The molecule has 0 saturated carbocycles. The van der Waals surface area contributed by atoms with Crippen LogP contribution in [0.3, 0.4) is 0 Å². The molecule has 0 unspecified atom stereocenters. The molecule has 2 aromatic carbocycles. The maximum Gasteiger partial charge on any atom is 0.181 e. The lowest BCUT2D eigenvalue weighted by Crippen LogP contribution is -2.37. The number of imidazole rings is 1. The van der Waals surface area contributed by atoms with Crippen LogP contribution in [0.4, 0.5) is 5.82 Å². The van der Waals surface area contributed by atoms with Crippen molar-refractivity contribution >= 4 is 22.4 Å². The van der Waals surface area contributed by atoms with Gasteiger partial charge in [-0.1, -0.05) is 18.2 Å². The van der Waals surface area contributed by atoms with Crippen LogP contribution in [0.2, 0.25) is 0 Å². The third-order valence-corrected chi connectivity index (χ3v) is 5.84. The summed E-state index contributed by atoms with van der Waals surface area (Å²) in [6.07, 6.45) is 5.60. The van der Waals surface area contributed by atoms with Crippen molar-refractivity contribution in [2.24, 2.45) is 0 Å². The summed E-state index contributed by atoms with van der Waals surface area (Å²) in [6.45, 7) is 2.91. The van der Waals surface area contributed by atoms with Crippen LogP contribution in [0.5, 0.6) is 0 Å². The van der Waals surface area contributed by atoms with Gasteiger partial charge in [-0.2, -0.15) is 10.4 Å². The Balaban J connectivity index is 1.61. The number of hydrogen-bond donors (Lipinski definition) is 1. The second-order valence-corrected chi connectivity index (χ2v) is 7.71. The lowest BCUT2D eigenvalue weighted by molar-refractivity contribution is 0.122. The maximum atomic E-state index is 9.20. The molecule has 32 heavy (non-hydrogen) atoms. The second-order valence-electron chi connectivity index (χ2n) is 7.71. The number of hydrogen-bond acceptors (Lipinski definition) is 6. The Morgan fingerprint density at radius 2 is 1.84 bits per heavy atom. The summed E-state index contributed by atoms with van der Waals surface area (Å²) in [7, 11) is 0. The SMILES string of the molecule is N#Cc1ccc(-c2nc3c(N4CCOCC4)nccn3c2-c2ccc3[nH]ncc3c2)cc1. The average molecular weight is 421 g/mol. The summed E-state index contributed by atoms with van der Waals surface area (Å²) in [5.74, 6) is 0.848. The summed E-state index contributed by atoms with van der Waals surface area (Å²) in [5.41, 5.74) is 6.21. The predicted octanol–water partition coefficient (Wildman–Crippen LogP) is 3.65. The number of benzene rings is 2. The molecule has 0 spiro atoms. The van der Waals surface area contributed by atoms with Crippen LogP contribution >= 0.6 is 0 Å². The zero-order valence-electron chi connectivity index (χ0n) is 17.2. The van der Waals surface area contributed by atoms with Crippen LogP contribution in [0.1, 0.15) is 5.56 Å². The van der Waals surface area contributed by atoms with Crippen LogP contribution in [0, 0.1) is 11.3 Å². The van der Waals surface area contributed by atoms with Crippen molar-refractivity contribution in [1.82, 2.24) is 24.6 Å². The number of nitriles is 1. The van der Waals surface area contributed by atoms with Crippen LogP contribution in [-0.2, 0) is 4.74 Å². The van der Waals surface area contributed by atoms with Gasteiger partial charge >= 0.3 is 0 Å². The van der Waals surface area contributed by atoms with E-state index in [1.807, 2.05) is 48.9 Å². The molecule has 1 aliphatic heterocycles. The molecule has 0 atom stereocenters. The molecule has 8 nitrogen and oxygen atoms in total. The maximum absolute atomic E-state index is 9.20. The first kappa shape index (κ1) is 18.5. The van der Waals surface area contributed by atoms with Gasteiger partial charge in [-0.15, -0.1) is 0 Å². The predicted molar refractivity (Wildman–Crippen MR) is 121 cm³/mol. The molecular weight excluding hydrogens is 402 g/mol. The number of rotatable bonds is 3. The molecule has 0 amide bonds. The molecule has 1 aliphatic rings. The fourth-order valence-electron chi connectivity index (χ4n) is 4.23. The highest BCUT2D eigenvalue weighted by Crippen LogP contribution is 2.36. The van der Waals surface area contributed by atoms with E-state index in [1.54, 1.807) is 0 Å². The number of fused-ring (bicyclic) bond motifs is 2. The molecule has 4 heterocycles. The van der Waals surface area contributed by atoms with Crippen molar-refractivity contribution in [1.29, 1.82) is 5.26 Å². The van der Waals surface area contributed by atoms with Gasteiger partial charge < -0.3 is 9.64 Å². The van der Waals surface area contributed by atoms with Crippen LogP contribution in [-0.4, -0.2) is 50.9 Å². The number of anilines is 1. The summed E-state index contributed by atoms with van der Waals surface area (Å²) in [6, 6.07) is 15.9.